The fraction of sp³-hybridized carbons (Fsp3) is 0.385. The van der Waals surface area contributed by atoms with Gasteiger partial charge >= 0.3 is 5.97 Å². The van der Waals surface area contributed by atoms with Crippen molar-refractivity contribution < 1.29 is 19.8 Å². The molecule has 0 radical (unpaired) electrons. The van der Waals surface area contributed by atoms with Crippen LogP contribution in [-0.2, 0) is 4.79 Å². The fourth-order valence-electron chi connectivity index (χ4n) is 2.17. The summed E-state index contributed by atoms with van der Waals surface area (Å²) in [5.74, 6) is -1.48. The number of aromatic hydroxyl groups is 1. The number of aliphatic carboxylic acids is 1. The monoisotopic (exact) mass is 249 g/mol. The maximum Gasteiger partial charge on any atom is 0.308 e. The molecule has 1 atom stereocenters. The summed E-state index contributed by atoms with van der Waals surface area (Å²) in [6.45, 7) is 2.36. The van der Waals surface area contributed by atoms with E-state index in [1.807, 2.05) is 0 Å². The molecule has 5 nitrogen and oxygen atoms in total. The third kappa shape index (κ3) is 2.16. The van der Waals surface area contributed by atoms with Gasteiger partial charge in [0.25, 0.3) is 5.91 Å². The molecule has 0 spiro atoms. The lowest BCUT2D eigenvalue weighted by Gasteiger charge is -2.17. The van der Waals surface area contributed by atoms with E-state index in [-0.39, 0.29) is 18.2 Å². The van der Waals surface area contributed by atoms with Crippen LogP contribution < -0.4 is 0 Å². The van der Waals surface area contributed by atoms with Crippen LogP contribution in [0.15, 0.2) is 18.2 Å². The lowest BCUT2D eigenvalue weighted by molar-refractivity contribution is -0.141. The number of carbonyl (C=O) groups is 2. The molecule has 0 aliphatic carbocycles. The van der Waals surface area contributed by atoms with Crippen LogP contribution in [0, 0.1) is 12.8 Å². The van der Waals surface area contributed by atoms with Gasteiger partial charge in [0, 0.05) is 24.2 Å². The van der Waals surface area contributed by atoms with E-state index in [1.54, 1.807) is 19.1 Å². The number of nitrogens with zero attached hydrogens (tertiary/aromatic N) is 1. The second-order valence-corrected chi connectivity index (χ2v) is 4.52. The largest absolute Gasteiger partial charge is 0.508 e. The van der Waals surface area contributed by atoms with Crippen molar-refractivity contribution in [3.8, 4) is 5.75 Å². The quantitative estimate of drug-likeness (QED) is 0.826. The zero-order chi connectivity index (χ0) is 13.3. The van der Waals surface area contributed by atoms with Crippen molar-refractivity contribution in [2.24, 2.45) is 5.92 Å². The first-order chi connectivity index (χ1) is 8.50. The van der Waals surface area contributed by atoms with E-state index in [2.05, 4.69) is 0 Å². The van der Waals surface area contributed by atoms with E-state index in [0.717, 1.165) is 0 Å². The van der Waals surface area contributed by atoms with Crippen LogP contribution in [-0.4, -0.2) is 40.1 Å². The summed E-state index contributed by atoms with van der Waals surface area (Å²) < 4.78 is 0. The number of phenols is 1. The lowest BCUT2D eigenvalue weighted by atomic mass is 10.1. The molecule has 0 saturated carbocycles. The third-order valence-electron chi connectivity index (χ3n) is 3.36. The molecule has 0 bridgehead atoms. The Balaban J connectivity index is 2.18. The van der Waals surface area contributed by atoms with Crippen molar-refractivity contribution in [1.82, 2.24) is 4.90 Å². The minimum absolute atomic E-state index is 0.0785. The molecular weight excluding hydrogens is 234 g/mol. The van der Waals surface area contributed by atoms with Crippen molar-refractivity contribution in [2.75, 3.05) is 13.1 Å². The highest BCUT2D eigenvalue weighted by Gasteiger charge is 2.31. The van der Waals surface area contributed by atoms with Crippen molar-refractivity contribution in [2.45, 2.75) is 13.3 Å². The van der Waals surface area contributed by atoms with E-state index >= 15 is 0 Å². The predicted molar refractivity (Wildman–Crippen MR) is 64.5 cm³/mol. The van der Waals surface area contributed by atoms with Gasteiger partial charge in [0.2, 0.25) is 0 Å². The first kappa shape index (κ1) is 12.4. The van der Waals surface area contributed by atoms with Gasteiger partial charge in [0.15, 0.2) is 0 Å². The van der Waals surface area contributed by atoms with E-state index in [9.17, 15) is 14.7 Å². The molecule has 2 rings (SSSR count). The van der Waals surface area contributed by atoms with Gasteiger partial charge < -0.3 is 15.1 Å². The average Bonchev–Trinajstić information content (AvgIpc) is 2.81. The lowest BCUT2D eigenvalue weighted by Crippen LogP contribution is -2.30. The van der Waals surface area contributed by atoms with Crippen molar-refractivity contribution >= 4 is 11.9 Å². The SMILES string of the molecule is Cc1c(O)cccc1C(=O)N1CCC(C(=O)O)C1. The summed E-state index contributed by atoms with van der Waals surface area (Å²) in [7, 11) is 0. The fourth-order valence-corrected chi connectivity index (χ4v) is 2.17. The second-order valence-electron chi connectivity index (χ2n) is 4.52. The zero-order valence-electron chi connectivity index (χ0n) is 10.1. The third-order valence-corrected chi connectivity index (χ3v) is 3.36. The topological polar surface area (TPSA) is 77.8 Å². The number of rotatable bonds is 2. The molecule has 1 amide bonds. The maximum atomic E-state index is 12.2. The summed E-state index contributed by atoms with van der Waals surface area (Å²) in [4.78, 5) is 24.6. The molecule has 2 N–H and O–H groups in total. The number of hydrogen-bond donors (Lipinski definition) is 2. The van der Waals surface area contributed by atoms with E-state index in [0.29, 0.717) is 24.1 Å². The number of carboxylic acid groups (broad SMARTS) is 1. The number of carboxylic acids is 1. The minimum atomic E-state index is -0.863. The molecule has 1 unspecified atom stereocenters. The first-order valence-corrected chi connectivity index (χ1v) is 5.81. The molecule has 5 heteroatoms. The Morgan fingerprint density at radius 2 is 2.11 bits per heavy atom. The Hall–Kier alpha value is -2.04. The highest BCUT2D eigenvalue weighted by Crippen LogP contribution is 2.24. The molecule has 1 fully saturated rings. The van der Waals surface area contributed by atoms with Gasteiger partial charge in [-0.05, 0) is 25.5 Å². The van der Waals surface area contributed by atoms with Crippen molar-refractivity contribution in [1.29, 1.82) is 0 Å². The van der Waals surface area contributed by atoms with Crippen LogP contribution in [0.5, 0.6) is 5.75 Å². The van der Waals surface area contributed by atoms with Crippen LogP contribution >= 0.6 is 0 Å². The Labute approximate surface area is 105 Å². The Morgan fingerprint density at radius 3 is 2.72 bits per heavy atom. The summed E-state index contributed by atoms with van der Waals surface area (Å²) in [5, 5.41) is 18.5. The molecular formula is C13H15NO4. The van der Waals surface area contributed by atoms with Crippen molar-refractivity contribution in [3.63, 3.8) is 0 Å². The van der Waals surface area contributed by atoms with E-state index in [1.165, 1.54) is 11.0 Å². The minimum Gasteiger partial charge on any atom is -0.508 e. The zero-order valence-corrected chi connectivity index (χ0v) is 10.1. The number of likely N-dealkylation sites (tertiary alicyclic amines) is 1. The predicted octanol–water partition coefficient (Wildman–Crippen LogP) is 1.25. The van der Waals surface area contributed by atoms with Gasteiger partial charge in [-0.1, -0.05) is 6.07 Å². The second kappa shape index (κ2) is 4.68. The molecule has 1 aliphatic rings. The number of hydrogen-bond acceptors (Lipinski definition) is 3. The van der Waals surface area contributed by atoms with Gasteiger partial charge in [-0.25, -0.2) is 0 Å². The van der Waals surface area contributed by atoms with Crippen LogP contribution in [0.1, 0.15) is 22.3 Å². The van der Waals surface area contributed by atoms with Crippen molar-refractivity contribution in [3.05, 3.63) is 29.3 Å². The standard InChI is InChI=1S/C13H15NO4/c1-8-10(3-2-4-11(8)15)12(16)14-6-5-9(7-14)13(17)18/h2-4,9,15H,5-7H2,1H3,(H,17,18). The van der Waals surface area contributed by atoms with Gasteiger partial charge in [-0.2, -0.15) is 0 Å². The summed E-state index contributed by atoms with van der Waals surface area (Å²) in [6, 6.07) is 4.78. The Morgan fingerprint density at radius 1 is 1.39 bits per heavy atom. The normalized spacial score (nSPS) is 18.9. The van der Waals surface area contributed by atoms with E-state index < -0.39 is 11.9 Å². The molecule has 1 saturated heterocycles. The summed E-state index contributed by atoms with van der Waals surface area (Å²) in [5.41, 5.74) is 0.960. The highest BCUT2D eigenvalue weighted by molar-refractivity contribution is 5.96. The molecule has 1 heterocycles. The van der Waals surface area contributed by atoms with Gasteiger partial charge in [-0.3, -0.25) is 9.59 Å². The molecule has 0 aromatic heterocycles. The molecule has 96 valence electrons. The molecule has 18 heavy (non-hydrogen) atoms. The number of carbonyl (C=O) groups excluding carboxylic acids is 1. The average molecular weight is 249 g/mol. The van der Waals surface area contributed by atoms with Crippen LogP contribution in [0.25, 0.3) is 0 Å². The maximum absolute atomic E-state index is 12.2. The van der Waals surface area contributed by atoms with Gasteiger partial charge in [0.05, 0.1) is 5.92 Å². The van der Waals surface area contributed by atoms with Gasteiger partial charge in [-0.15, -0.1) is 0 Å². The summed E-state index contributed by atoms with van der Waals surface area (Å²) in [6.07, 6.45) is 0.485. The van der Waals surface area contributed by atoms with Crippen LogP contribution in [0.3, 0.4) is 0 Å². The van der Waals surface area contributed by atoms with Crippen LogP contribution in [0.2, 0.25) is 0 Å². The number of phenolic OH excluding ortho intramolecular Hbond substituents is 1. The first-order valence-electron chi connectivity index (χ1n) is 5.81. The Kier molecular flexibility index (Phi) is 3.23. The highest BCUT2D eigenvalue weighted by atomic mass is 16.4. The van der Waals surface area contributed by atoms with Gasteiger partial charge in [0.1, 0.15) is 5.75 Å². The number of amides is 1. The molecule has 1 aromatic carbocycles. The molecule has 1 aliphatic heterocycles. The molecule has 1 aromatic rings. The summed E-state index contributed by atoms with van der Waals surface area (Å²) >= 11 is 0. The van der Waals surface area contributed by atoms with Crippen LogP contribution in [0.4, 0.5) is 0 Å². The Bertz CT molecular complexity index is 498. The smallest absolute Gasteiger partial charge is 0.308 e. The number of benzene rings is 1. The van der Waals surface area contributed by atoms with E-state index in [4.69, 9.17) is 5.11 Å².